The van der Waals surface area contributed by atoms with Crippen molar-refractivity contribution in [2.75, 3.05) is 6.61 Å². The highest BCUT2D eigenvalue weighted by Crippen LogP contribution is 2.81. The summed E-state index contributed by atoms with van der Waals surface area (Å²) in [7, 11) is 0. The maximum Gasteiger partial charge on any atom is 0.264 e. The number of benzene rings is 1. The van der Waals surface area contributed by atoms with Crippen LogP contribution in [0.5, 0.6) is 5.88 Å². The van der Waals surface area contributed by atoms with Gasteiger partial charge in [0.2, 0.25) is 5.88 Å². The van der Waals surface area contributed by atoms with Gasteiger partial charge in [0.1, 0.15) is 10.8 Å². The topological polar surface area (TPSA) is 69.0 Å². The third-order valence-electron chi connectivity index (χ3n) is 5.32. The molecule has 5 rings (SSSR count). The van der Waals surface area contributed by atoms with Gasteiger partial charge in [0, 0.05) is 22.6 Å². The van der Waals surface area contributed by atoms with E-state index in [4.69, 9.17) is 16.3 Å². The van der Waals surface area contributed by atoms with Gasteiger partial charge in [-0.2, -0.15) is 0 Å². The number of nitrogens with one attached hydrogen (secondary N) is 1. The summed E-state index contributed by atoms with van der Waals surface area (Å²) in [5.41, 5.74) is -0.992. The Morgan fingerprint density at radius 3 is 2.69 bits per heavy atom. The molecule has 2 aromatic heterocycles. The van der Waals surface area contributed by atoms with Gasteiger partial charge in [-0.15, -0.1) is 5.10 Å². The van der Waals surface area contributed by atoms with Crippen molar-refractivity contribution in [2.24, 2.45) is 5.41 Å². The lowest BCUT2D eigenvalue weighted by Crippen LogP contribution is -2.17. The van der Waals surface area contributed by atoms with Crippen molar-refractivity contribution in [3.63, 3.8) is 0 Å². The molecule has 2 saturated carbocycles. The zero-order chi connectivity index (χ0) is 20.1. The van der Waals surface area contributed by atoms with Crippen molar-refractivity contribution >= 4 is 29.5 Å². The first-order chi connectivity index (χ1) is 14.0. The Hall–Kier alpha value is -2.58. The predicted molar refractivity (Wildman–Crippen MR) is 107 cm³/mol. The summed E-state index contributed by atoms with van der Waals surface area (Å²) in [5, 5.41) is 4.36. The van der Waals surface area contributed by atoms with E-state index in [1.807, 2.05) is 30.3 Å². The van der Waals surface area contributed by atoms with Crippen molar-refractivity contribution in [1.82, 2.24) is 19.5 Å². The smallest absolute Gasteiger partial charge is 0.264 e. The van der Waals surface area contributed by atoms with Crippen LogP contribution >= 0.6 is 23.5 Å². The summed E-state index contributed by atoms with van der Waals surface area (Å²) in [6.07, 6.45) is 2.85. The number of halogens is 2. The molecule has 0 saturated heterocycles. The number of hydrogen-bond donors (Lipinski definition) is 1. The summed E-state index contributed by atoms with van der Waals surface area (Å²) in [4.78, 5) is 17.5. The minimum absolute atomic E-state index is 0.0729. The highest BCUT2D eigenvalue weighted by Gasteiger charge is 2.85. The first kappa shape index (κ1) is 18.4. The lowest BCUT2D eigenvalue weighted by atomic mass is 10.2. The Morgan fingerprint density at radius 2 is 2.00 bits per heavy atom. The van der Waals surface area contributed by atoms with Crippen LogP contribution in [0.2, 0.25) is 5.15 Å². The van der Waals surface area contributed by atoms with Crippen LogP contribution in [0.25, 0.3) is 5.82 Å². The van der Waals surface area contributed by atoms with Crippen LogP contribution in [-0.2, 0) is 0 Å². The van der Waals surface area contributed by atoms with Crippen LogP contribution in [0, 0.1) is 5.41 Å². The van der Waals surface area contributed by atoms with Crippen LogP contribution in [0.4, 0.5) is 4.39 Å². The largest absolute Gasteiger partial charge is 0.476 e. The summed E-state index contributed by atoms with van der Waals surface area (Å²) in [5.74, 6) is 0.516. The molecule has 6 nitrogen and oxygen atoms in total. The number of carbonyl (C=O) groups excluding carboxylic acids is 1. The molecule has 1 aromatic carbocycles. The molecule has 9 heteroatoms. The molecule has 0 bridgehead atoms. The second kappa shape index (κ2) is 6.74. The number of fused-ring (bicyclic) bond motifs is 1. The molecule has 1 N–H and O–H groups in total. The Kier molecular flexibility index (Phi) is 4.29. The number of pyridine rings is 1. The first-order valence-electron chi connectivity index (χ1n) is 9.05. The van der Waals surface area contributed by atoms with E-state index in [-0.39, 0.29) is 22.0 Å². The van der Waals surface area contributed by atoms with Crippen molar-refractivity contribution in [3.05, 3.63) is 65.4 Å². The molecule has 148 valence electrons. The van der Waals surface area contributed by atoms with E-state index in [0.29, 0.717) is 31.1 Å². The van der Waals surface area contributed by atoms with Crippen LogP contribution in [-0.4, -0.2) is 32.9 Å². The summed E-state index contributed by atoms with van der Waals surface area (Å²) in [6, 6.07) is 14.4. The number of nitrogens with zero attached hydrogens (tertiary/aromatic N) is 3. The number of hydrogen-bond acceptors (Lipinski definition) is 5. The fraction of sp³-hybridized carbons (Fsp3) is 0.250. The van der Waals surface area contributed by atoms with E-state index in [1.54, 1.807) is 24.4 Å². The molecular formula is C20H16ClFN4O2S. The lowest BCUT2D eigenvalue weighted by Gasteiger charge is -2.07. The highest BCUT2D eigenvalue weighted by atomic mass is 35.5. The first-order valence-corrected chi connectivity index (χ1v) is 10.2. The van der Waals surface area contributed by atoms with Crippen LogP contribution in [0.1, 0.15) is 23.2 Å². The molecule has 2 aliphatic rings. The number of aromatic nitrogens is 3. The van der Waals surface area contributed by atoms with Gasteiger partial charge in [-0.1, -0.05) is 29.8 Å². The van der Waals surface area contributed by atoms with Crippen LogP contribution < -0.4 is 9.46 Å². The highest BCUT2D eigenvalue weighted by molar-refractivity contribution is 7.98. The molecule has 29 heavy (non-hydrogen) atoms. The van der Waals surface area contributed by atoms with Gasteiger partial charge in [0.15, 0.2) is 5.82 Å². The Bertz CT molecular complexity index is 1090. The monoisotopic (exact) mass is 430 g/mol. The average Bonchev–Trinajstić information content (AvgIpc) is 3.36. The normalized spacial score (nSPS) is 23.9. The molecule has 0 radical (unpaired) electrons. The maximum absolute atomic E-state index is 13.6. The Balaban J connectivity index is 1.23. The van der Waals surface area contributed by atoms with E-state index in [0.717, 1.165) is 4.90 Å². The third-order valence-corrected chi connectivity index (χ3v) is 6.40. The summed E-state index contributed by atoms with van der Waals surface area (Å²) >= 11 is 7.42. The molecule has 2 heterocycles. The standard InChI is InChI=1S/C20H16ClFN4O2S/c21-17-14(18(27)25-29-13-4-2-1-3-5-13)6-7-15(23-17)26-9-8-16(24-26)28-12-19-10-20(19,22)11-19/h1-9H,10-12H2,(H,25,27). The van der Waals surface area contributed by atoms with Crippen LogP contribution in [0.15, 0.2) is 59.6 Å². The zero-order valence-corrected chi connectivity index (χ0v) is 16.7. The fourth-order valence-corrected chi connectivity index (χ4v) is 4.11. The van der Waals surface area contributed by atoms with Gasteiger partial charge in [-0.25, -0.2) is 14.1 Å². The quantitative estimate of drug-likeness (QED) is 0.448. The van der Waals surface area contributed by atoms with Gasteiger partial charge < -0.3 is 4.74 Å². The van der Waals surface area contributed by atoms with Gasteiger partial charge in [0.25, 0.3) is 5.91 Å². The maximum atomic E-state index is 13.6. The van der Waals surface area contributed by atoms with Crippen molar-refractivity contribution in [3.8, 4) is 11.7 Å². The minimum Gasteiger partial charge on any atom is -0.476 e. The molecule has 0 aliphatic heterocycles. The minimum atomic E-state index is -0.986. The number of alkyl halides is 1. The molecule has 0 spiro atoms. The van der Waals surface area contributed by atoms with E-state index in [1.165, 1.54) is 16.6 Å². The van der Waals surface area contributed by atoms with Gasteiger partial charge in [-0.05, 0) is 49.1 Å². The van der Waals surface area contributed by atoms with Gasteiger partial charge >= 0.3 is 0 Å². The number of carbonyl (C=O) groups is 1. The third kappa shape index (κ3) is 3.47. The molecule has 1 amide bonds. The molecular weight excluding hydrogens is 415 g/mol. The van der Waals surface area contributed by atoms with Gasteiger partial charge in [0.05, 0.1) is 12.2 Å². The van der Waals surface area contributed by atoms with Crippen molar-refractivity contribution < 1.29 is 13.9 Å². The predicted octanol–water partition coefficient (Wildman–Crippen LogP) is 4.24. The molecule has 0 unspecified atom stereocenters. The molecule has 3 aromatic rings. The summed E-state index contributed by atoms with van der Waals surface area (Å²) in [6.45, 7) is 0.340. The number of amides is 1. The number of rotatable bonds is 7. The molecule has 2 fully saturated rings. The zero-order valence-electron chi connectivity index (χ0n) is 15.1. The Labute approximate surface area is 175 Å². The van der Waals surface area contributed by atoms with Crippen molar-refractivity contribution in [2.45, 2.75) is 23.4 Å². The summed E-state index contributed by atoms with van der Waals surface area (Å²) < 4.78 is 23.5. The Morgan fingerprint density at radius 1 is 1.24 bits per heavy atom. The molecule has 0 atom stereocenters. The second-order valence-corrected chi connectivity index (χ2v) is 8.58. The fourth-order valence-electron chi connectivity index (χ4n) is 3.26. The second-order valence-electron chi connectivity index (χ2n) is 7.34. The van der Waals surface area contributed by atoms with E-state index >= 15 is 0 Å². The average molecular weight is 431 g/mol. The SMILES string of the molecule is O=C(NSc1ccccc1)c1ccc(-n2ccc(OCC34CC3(F)C4)n2)nc1Cl. The van der Waals surface area contributed by atoms with Crippen molar-refractivity contribution in [1.29, 1.82) is 0 Å². The molecule has 2 aliphatic carbocycles. The number of ether oxygens (including phenoxy) is 1. The van der Waals surface area contributed by atoms with E-state index in [2.05, 4.69) is 14.8 Å². The van der Waals surface area contributed by atoms with Gasteiger partial charge in [-0.3, -0.25) is 9.52 Å². The van der Waals surface area contributed by atoms with E-state index < -0.39 is 5.67 Å². The van der Waals surface area contributed by atoms with E-state index in [9.17, 15) is 9.18 Å². The van der Waals surface area contributed by atoms with Crippen LogP contribution in [0.3, 0.4) is 0 Å². The lowest BCUT2D eigenvalue weighted by molar-refractivity contribution is 0.0984.